The van der Waals surface area contributed by atoms with Crippen molar-refractivity contribution >= 4 is 45.0 Å². The maximum atomic E-state index is 13.6. The van der Waals surface area contributed by atoms with Crippen LogP contribution in [0.2, 0.25) is 0 Å². The van der Waals surface area contributed by atoms with Gasteiger partial charge < -0.3 is 4.74 Å². The molecule has 2 aromatic carbocycles. The lowest BCUT2D eigenvalue weighted by atomic mass is 9.82. The summed E-state index contributed by atoms with van der Waals surface area (Å²) in [6.07, 6.45) is 1.50. The van der Waals surface area contributed by atoms with Gasteiger partial charge in [-0.25, -0.2) is 4.39 Å². The van der Waals surface area contributed by atoms with Gasteiger partial charge in [0.1, 0.15) is 11.6 Å². The van der Waals surface area contributed by atoms with Crippen LogP contribution in [0, 0.1) is 11.2 Å². The zero-order chi connectivity index (χ0) is 18.9. The standard InChI is InChI=1S/C20H21BrFNO2S/c1-4-20(5-2)12-26-18-11-17(25-3)15(21)10-16(18)23(19(20)24)14-8-6-13(22)7-9-14/h6-11H,4-5,12H2,1-3H3. The first-order valence-electron chi connectivity index (χ1n) is 8.56. The van der Waals surface area contributed by atoms with Gasteiger partial charge in [-0.15, -0.1) is 11.8 Å². The van der Waals surface area contributed by atoms with Crippen molar-refractivity contribution in [2.45, 2.75) is 31.6 Å². The second kappa shape index (κ2) is 7.61. The largest absolute Gasteiger partial charge is 0.496 e. The molecule has 0 saturated heterocycles. The molecule has 2 aromatic rings. The van der Waals surface area contributed by atoms with Crippen molar-refractivity contribution in [3.63, 3.8) is 0 Å². The number of hydrogen-bond acceptors (Lipinski definition) is 3. The van der Waals surface area contributed by atoms with Gasteiger partial charge in [-0.05, 0) is 65.2 Å². The average molecular weight is 438 g/mol. The Morgan fingerprint density at radius 1 is 1.23 bits per heavy atom. The van der Waals surface area contributed by atoms with Crippen LogP contribution in [0.5, 0.6) is 5.75 Å². The third-order valence-electron chi connectivity index (χ3n) is 5.07. The Morgan fingerprint density at radius 3 is 2.46 bits per heavy atom. The Morgan fingerprint density at radius 2 is 1.88 bits per heavy atom. The molecule has 3 nitrogen and oxygen atoms in total. The fraction of sp³-hybridized carbons (Fsp3) is 0.350. The summed E-state index contributed by atoms with van der Waals surface area (Å²) in [6, 6.07) is 9.94. The maximum absolute atomic E-state index is 13.6. The van der Waals surface area contributed by atoms with Crippen molar-refractivity contribution < 1.29 is 13.9 Å². The fourth-order valence-electron chi connectivity index (χ4n) is 3.20. The van der Waals surface area contributed by atoms with Gasteiger partial charge in [-0.3, -0.25) is 9.69 Å². The van der Waals surface area contributed by atoms with E-state index in [-0.39, 0.29) is 11.7 Å². The summed E-state index contributed by atoms with van der Waals surface area (Å²) in [4.78, 5) is 16.3. The number of hydrogen-bond donors (Lipinski definition) is 0. The number of benzene rings is 2. The quantitative estimate of drug-likeness (QED) is 0.572. The van der Waals surface area contributed by atoms with Crippen LogP contribution in [0.1, 0.15) is 26.7 Å². The Bertz CT molecular complexity index is 821. The molecule has 0 bridgehead atoms. The summed E-state index contributed by atoms with van der Waals surface area (Å²) in [5.74, 6) is 1.16. The molecular weight excluding hydrogens is 417 g/mol. The predicted octanol–water partition coefficient (Wildman–Crippen LogP) is 6.17. The number of fused-ring (bicyclic) bond motifs is 1. The van der Waals surface area contributed by atoms with Crippen LogP contribution in [-0.2, 0) is 4.79 Å². The van der Waals surface area contributed by atoms with E-state index in [9.17, 15) is 9.18 Å². The van der Waals surface area contributed by atoms with Gasteiger partial charge in [0.15, 0.2) is 0 Å². The number of anilines is 2. The molecule has 0 N–H and O–H groups in total. The number of methoxy groups -OCH3 is 1. The second-order valence-electron chi connectivity index (χ2n) is 6.35. The summed E-state index contributed by atoms with van der Waals surface area (Å²) in [5, 5.41) is 0. The van der Waals surface area contributed by atoms with Crippen molar-refractivity contribution in [2.75, 3.05) is 17.8 Å². The SMILES string of the molecule is CCC1(CC)CSc2cc(OC)c(Br)cc2N(c2ccc(F)cc2)C1=O. The molecule has 0 unspecified atom stereocenters. The zero-order valence-electron chi connectivity index (χ0n) is 15.0. The van der Waals surface area contributed by atoms with Crippen molar-refractivity contribution in [3.8, 4) is 5.75 Å². The normalized spacial score (nSPS) is 16.2. The lowest BCUT2D eigenvalue weighted by Crippen LogP contribution is -2.42. The third-order valence-corrected chi connectivity index (χ3v) is 7.03. The Hall–Kier alpha value is -1.53. The number of carbonyl (C=O) groups excluding carboxylic acids is 1. The van der Waals surface area contributed by atoms with Crippen LogP contribution < -0.4 is 9.64 Å². The van der Waals surface area contributed by atoms with E-state index in [2.05, 4.69) is 29.8 Å². The molecule has 1 amide bonds. The minimum Gasteiger partial charge on any atom is -0.496 e. The molecule has 26 heavy (non-hydrogen) atoms. The number of nitrogens with zero attached hydrogens (tertiary/aromatic N) is 1. The summed E-state index contributed by atoms with van der Waals surface area (Å²) < 4.78 is 19.6. The molecule has 0 spiro atoms. The first-order chi connectivity index (χ1) is 12.5. The minimum atomic E-state index is -0.461. The summed E-state index contributed by atoms with van der Waals surface area (Å²) >= 11 is 5.19. The fourth-order valence-corrected chi connectivity index (χ4v) is 5.14. The summed E-state index contributed by atoms with van der Waals surface area (Å²) in [5.41, 5.74) is 1.00. The monoisotopic (exact) mass is 437 g/mol. The highest BCUT2D eigenvalue weighted by molar-refractivity contribution is 9.10. The molecule has 1 heterocycles. The van der Waals surface area contributed by atoms with Gasteiger partial charge in [0.2, 0.25) is 5.91 Å². The molecule has 0 aliphatic carbocycles. The van der Waals surface area contributed by atoms with Crippen LogP contribution in [0.15, 0.2) is 45.8 Å². The van der Waals surface area contributed by atoms with Crippen molar-refractivity contribution in [2.24, 2.45) is 5.41 Å². The Balaban J connectivity index is 2.23. The third kappa shape index (κ3) is 3.25. The van der Waals surface area contributed by atoms with Crippen LogP contribution in [0.3, 0.4) is 0 Å². The van der Waals surface area contributed by atoms with Crippen LogP contribution in [0.4, 0.5) is 15.8 Å². The van der Waals surface area contributed by atoms with Gasteiger partial charge in [-0.1, -0.05) is 13.8 Å². The summed E-state index contributed by atoms with van der Waals surface area (Å²) in [7, 11) is 1.62. The Kier molecular flexibility index (Phi) is 5.63. The Labute approximate surface area is 166 Å². The molecule has 0 aromatic heterocycles. The number of carbonyl (C=O) groups is 1. The molecule has 1 aliphatic rings. The van der Waals surface area contributed by atoms with E-state index < -0.39 is 5.41 Å². The molecule has 0 radical (unpaired) electrons. The van der Waals surface area contributed by atoms with Gasteiger partial charge in [-0.2, -0.15) is 0 Å². The molecular formula is C20H21BrFNO2S. The molecule has 0 atom stereocenters. The van der Waals surface area contributed by atoms with Gasteiger partial charge in [0.25, 0.3) is 0 Å². The smallest absolute Gasteiger partial charge is 0.238 e. The highest BCUT2D eigenvalue weighted by atomic mass is 79.9. The summed E-state index contributed by atoms with van der Waals surface area (Å²) in [6.45, 7) is 4.11. The van der Waals surface area contributed by atoms with E-state index in [0.717, 1.165) is 33.6 Å². The predicted molar refractivity (Wildman–Crippen MR) is 108 cm³/mol. The topological polar surface area (TPSA) is 29.5 Å². The lowest BCUT2D eigenvalue weighted by Gasteiger charge is -2.33. The van der Waals surface area contributed by atoms with E-state index in [1.807, 2.05) is 12.1 Å². The van der Waals surface area contributed by atoms with E-state index in [4.69, 9.17) is 4.74 Å². The highest BCUT2D eigenvalue weighted by Gasteiger charge is 2.42. The maximum Gasteiger partial charge on any atom is 0.238 e. The number of rotatable bonds is 4. The average Bonchev–Trinajstić information content (AvgIpc) is 2.76. The van der Waals surface area contributed by atoms with Crippen LogP contribution in [0.25, 0.3) is 0 Å². The zero-order valence-corrected chi connectivity index (χ0v) is 17.4. The minimum absolute atomic E-state index is 0.0532. The highest BCUT2D eigenvalue weighted by Crippen LogP contribution is 2.49. The van der Waals surface area contributed by atoms with Crippen LogP contribution in [-0.4, -0.2) is 18.8 Å². The van der Waals surface area contributed by atoms with Gasteiger partial charge >= 0.3 is 0 Å². The number of amides is 1. The number of ether oxygens (including phenoxy) is 1. The number of halogens is 2. The molecule has 6 heteroatoms. The second-order valence-corrected chi connectivity index (χ2v) is 8.22. The molecule has 3 rings (SSSR count). The molecule has 0 saturated carbocycles. The van der Waals surface area contributed by atoms with Gasteiger partial charge in [0.05, 0.1) is 22.7 Å². The number of thioether (sulfide) groups is 1. The lowest BCUT2D eigenvalue weighted by molar-refractivity contribution is -0.126. The molecule has 1 aliphatic heterocycles. The first kappa shape index (κ1) is 19.2. The molecule has 138 valence electrons. The molecule has 0 fully saturated rings. The van der Waals surface area contributed by atoms with Crippen molar-refractivity contribution in [1.82, 2.24) is 0 Å². The van der Waals surface area contributed by atoms with E-state index in [0.29, 0.717) is 11.4 Å². The van der Waals surface area contributed by atoms with Crippen molar-refractivity contribution in [1.29, 1.82) is 0 Å². The van der Waals surface area contributed by atoms with E-state index >= 15 is 0 Å². The first-order valence-corrected chi connectivity index (χ1v) is 10.3. The van der Waals surface area contributed by atoms with Crippen LogP contribution >= 0.6 is 27.7 Å². The van der Waals surface area contributed by atoms with Crippen molar-refractivity contribution in [3.05, 3.63) is 46.7 Å². The van der Waals surface area contributed by atoms with E-state index in [1.165, 1.54) is 12.1 Å². The van der Waals surface area contributed by atoms with Gasteiger partial charge in [0, 0.05) is 16.3 Å². The van der Waals surface area contributed by atoms with E-state index in [1.54, 1.807) is 35.9 Å².